The molecule has 1 atom stereocenters. The minimum Gasteiger partial charge on any atom is -0.493 e. The lowest BCUT2D eigenvalue weighted by atomic mass is 10.0. The maximum absolute atomic E-state index is 13.0. The van der Waals surface area contributed by atoms with E-state index in [0.717, 1.165) is 5.56 Å². The molecule has 2 aromatic rings. The molecule has 7 nitrogen and oxygen atoms in total. The van der Waals surface area contributed by atoms with Crippen LogP contribution in [0.25, 0.3) is 0 Å². The summed E-state index contributed by atoms with van der Waals surface area (Å²) < 4.78 is 15.5. The molecule has 0 spiro atoms. The number of piperazine rings is 1. The zero-order valence-corrected chi connectivity index (χ0v) is 19.1. The summed E-state index contributed by atoms with van der Waals surface area (Å²) in [5.41, 5.74) is 1.21. The molecule has 0 aromatic heterocycles. The Morgan fingerprint density at radius 2 is 1.58 bits per heavy atom. The molecular formula is C22H24Cl2N2O5. The number of carbonyl (C=O) groups is 2. The van der Waals surface area contributed by atoms with Gasteiger partial charge in [0.25, 0.3) is 5.91 Å². The first-order chi connectivity index (χ1) is 14.9. The molecule has 1 unspecified atom stereocenters. The van der Waals surface area contributed by atoms with Gasteiger partial charge in [-0.05, 0) is 29.8 Å². The van der Waals surface area contributed by atoms with Crippen molar-refractivity contribution in [3.05, 3.63) is 57.6 Å². The lowest BCUT2D eigenvalue weighted by Gasteiger charge is -2.38. The fourth-order valence-electron chi connectivity index (χ4n) is 3.66. The van der Waals surface area contributed by atoms with Gasteiger partial charge in [0.2, 0.25) is 0 Å². The van der Waals surface area contributed by atoms with Crippen LogP contribution in [0.3, 0.4) is 0 Å². The van der Waals surface area contributed by atoms with Crippen LogP contribution in [-0.2, 0) is 9.53 Å². The Labute approximate surface area is 191 Å². The summed E-state index contributed by atoms with van der Waals surface area (Å²) in [5, 5.41) is 0.897. The Morgan fingerprint density at radius 3 is 2.13 bits per heavy atom. The molecule has 9 heteroatoms. The van der Waals surface area contributed by atoms with Gasteiger partial charge in [0.1, 0.15) is 6.04 Å². The quantitative estimate of drug-likeness (QED) is 0.604. The van der Waals surface area contributed by atoms with E-state index in [-0.39, 0.29) is 11.9 Å². The third kappa shape index (κ3) is 5.06. The van der Waals surface area contributed by atoms with Crippen LogP contribution >= 0.6 is 23.2 Å². The van der Waals surface area contributed by atoms with Gasteiger partial charge < -0.3 is 19.1 Å². The summed E-state index contributed by atoms with van der Waals surface area (Å²) in [7, 11) is 4.35. The van der Waals surface area contributed by atoms with Crippen molar-refractivity contribution < 1.29 is 23.8 Å². The van der Waals surface area contributed by atoms with E-state index in [0.29, 0.717) is 53.3 Å². The highest BCUT2D eigenvalue weighted by atomic mass is 35.5. The number of carbonyl (C=O) groups excluding carboxylic acids is 2. The monoisotopic (exact) mass is 466 g/mol. The molecule has 2 aromatic carbocycles. The van der Waals surface area contributed by atoms with Crippen LogP contribution in [0.4, 0.5) is 0 Å². The molecule has 3 rings (SSSR count). The predicted molar refractivity (Wildman–Crippen MR) is 118 cm³/mol. The fourth-order valence-corrected chi connectivity index (χ4v) is 4.07. The number of methoxy groups -OCH3 is 3. The van der Waals surface area contributed by atoms with Crippen molar-refractivity contribution in [1.82, 2.24) is 9.80 Å². The summed E-state index contributed by atoms with van der Waals surface area (Å²) in [6.45, 7) is 1.92. The van der Waals surface area contributed by atoms with Crippen molar-refractivity contribution in [3.8, 4) is 11.5 Å². The summed E-state index contributed by atoms with van der Waals surface area (Å²) in [5.74, 6) is 0.261. The minimum atomic E-state index is -0.560. The summed E-state index contributed by atoms with van der Waals surface area (Å²) >= 11 is 12.2. The van der Waals surface area contributed by atoms with Gasteiger partial charge in [-0.25, -0.2) is 4.79 Å². The van der Waals surface area contributed by atoms with Crippen molar-refractivity contribution in [2.24, 2.45) is 0 Å². The topological polar surface area (TPSA) is 68.3 Å². The van der Waals surface area contributed by atoms with Crippen molar-refractivity contribution >= 4 is 35.1 Å². The van der Waals surface area contributed by atoms with Crippen molar-refractivity contribution in [2.45, 2.75) is 6.04 Å². The molecule has 0 N–H and O–H groups in total. The second-order valence-corrected chi connectivity index (χ2v) is 7.84. The number of amides is 1. The first-order valence-electron chi connectivity index (χ1n) is 9.67. The van der Waals surface area contributed by atoms with Crippen molar-refractivity contribution in [3.63, 3.8) is 0 Å². The Balaban J connectivity index is 1.74. The highest BCUT2D eigenvalue weighted by molar-refractivity contribution is 6.32. The molecule has 1 heterocycles. The van der Waals surface area contributed by atoms with Crippen LogP contribution in [0.1, 0.15) is 22.0 Å². The molecule has 1 fully saturated rings. The molecule has 1 saturated heterocycles. The number of hydrogen-bond donors (Lipinski definition) is 0. The van der Waals surface area contributed by atoms with Crippen LogP contribution in [0.15, 0.2) is 36.4 Å². The second-order valence-electron chi connectivity index (χ2n) is 7.00. The summed E-state index contributed by atoms with van der Waals surface area (Å²) in [4.78, 5) is 29.3. The smallest absolute Gasteiger partial charge is 0.327 e. The van der Waals surface area contributed by atoms with Crippen molar-refractivity contribution in [1.29, 1.82) is 0 Å². The third-order valence-corrected chi connectivity index (χ3v) is 5.79. The normalized spacial score (nSPS) is 15.3. The van der Waals surface area contributed by atoms with Crippen LogP contribution < -0.4 is 9.47 Å². The standard InChI is InChI=1S/C22H24Cl2N2O5/c1-29-18-13-15(12-17(24)20(18)30-2)21(27)26-10-8-25(9-11-26)19(22(28)31-3)14-4-6-16(23)7-5-14/h4-7,12-13,19H,8-11H2,1-3H3. The van der Waals surface area contributed by atoms with E-state index in [4.69, 9.17) is 37.4 Å². The third-order valence-electron chi connectivity index (χ3n) is 5.26. The number of esters is 1. The molecule has 1 aliphatic heterocycles. The van der Waals surface area contributed by atoms with E-state index in [1.165, 1.54) is 21.3 Å². The average Bonchev–Trinajstić information content (AvgIpc) is 2.79. The molecule has 1 aliphatic rings. The molecule has 0 aliphatic carbocycles. The fraction of sp³-hybridized carbons (Fsp3) is 0.364. The summed E-state index contributed by atoms with van der Waals surface area (Å²) in [6.07, 6.45) is 0. The van der Waals surface area contributed by atoms with Gasteiger partial charge in [-0.2, -0.15) is 0 Å². The van der Waals surface area contributed by atoms with Crippen molar-refractivity contribution in [2.75, 3.05) is 47.5 Å². The molecular weight excluding hydrogens is 443 g/mol. The Morgan fingerprint density at radius 1 is 0.935 bits per heavy atom. The summed E-state index contributed by atoms with van der Waals surface area (Å²) in [6, 6.07) is 9.74. The second kappa shape index (κ2) is 10.2. The van der Waals surface area contributed by atoms with Gasteiger partial charge >= 0.3 is 5.97 Å². The maximum Gasteiger partial charge on any atom is 0.327 e. The van der Waals surface area contributed by atoms with E-state index >= 15 is 0 Å². The van der Waals surface area contributed by atoms with Gasteiger partial charge in [-0.1, -0.05) is 35.3 Å². The lowest BCUT2D eigenvalue weighted by molar-refractivity contribution is -0.148. The van der Waals surface area contributed by atoms with Crippen LogP contribution in [0.2, 0.25) is 10.0 Å². The first kappa shape index (κ1) is 23.2. The largest absolute Gasteiger partial charge is 0.493 e. The van der Waals surface area contributed by atoms with Gasteiger partial charge in [0.05, 0.1) is 26.4 Å². The highest BCUT2D eigenvalue weighted by Gasteiger charge is 2.33. The van der Waals surface area contributed by atoms with E-state index in [1.54, 1.807) is 29.2 Å². The van der Waals surface area contributed by atoms with E-state index in [1.807, 2.05) is 17.0 Å². The first-order valence-corrected chi connectivity index (χ1v) is 10.4. The van der Waals surface area contributed by atoms with Gasteiger partial charge in [-0.3, -0.25) is 9.69 Å². The molecule has 31 heavy (non-hydrogen) atoms. The molecule has 0 radical (unpaired) electrons. The SMILES string of the molecule is COC(=O)C(c1ccc(Cl)cc1)N1CCN(C(=O)c2cc(Cl)c(OC)c(OC)c2)CC1. The molecule has 0 saturated carbocycles. The Hall–Kier alpha value is -2.48. The Bertz CT molecular complexity index is 944. The predicted octanol–water partition coefficient (Wildman–Crippen LogP) is 3.68. The van der Waals surface area contributed by atoms with E-state index in [9.17, 15) is 9.59 Å². The zero-order valence-electron chi connectivity index (χ0n) is 17.6. The minimum absolute atomic E-state index is 0.163. The van der Waals surface area contributed by atoms with Gasteiger partial charge in [-0.15, -0.1) is 0 Å². The maximum atomic E-state index is 13.0. The molecule has 166 valence electrons. The number of hydrogen-bond acceptors (Lipinski definition) is 6. The Kier molecular flexibility index (Phi) is 7.64. The van der Waals surface area contributed by atoms with Crippen LogP contribution in [0, 0.1) is 0 Å². The number of benzene rings is 2. The van der Waals surface area contributed by atoms with E-state index in [2.05, 4.69) is 0 Å². The highest BCUT2D eigenvalue weighted by Crippen LogP contribution is 2.36. The zero-order chi connectivity index (χ0) is 22.5. The average molecular weight is 467 g/mol. The van der Waals surface area contributed by atoms with Gasteiger partial charge in [0, 0.05) is 36.8 Å². The van der Waals surface area contributed by atoms with Crippen LogP contribution in [0.5, 0.6) is 11.5 Å². The number of halogens is 2. The molecule has 1 amide bonds. The van der Waals surface area contributed by atoms with Gasteiger partial charge in [0.15, 0.2) is 11.5 Å². The number of ether oxygens (including phenoxy) is 3. The van der Waals surface area contributed by atoms with Crippen LogP contribution in [-0.4, -0.2) is 69.2 Å². The lowest BCUT2D eigenvalue weighted by Crippen LogP contribution is -2.51. The molecule has 0 bridgehead atoms. The number of nitrogens with zero attached hydrogens (tertiary/aromatic N) is 2. The van der Waals surface area contributed by atoms with E-state index < -0.39 is 6.04 Å². The number of rotatable bonds is 6.